The summed E-state index contributed by atoms with van der Waals surface area (Å²) >= 11 is 3.19. The third kappa shape index (κ3) is 5.05. The topological polar surface area (TPSA) is 62.6 Å². The molecule has 1 aliphatic rings. The lowest BCUT2D eigenvalue weighted by Crippen LogP contribution is -2.27. The van der Waals surface area contributed by atoms with Gasteiger partial charge in [-0.25, -0.2) is 0 Å². The Morgan fingerprint density at radius 2 is 1.74 bits per heavy atom. The molecule has 2 heterocycles. The Labute approximate surface area is 206 Å². The molecule has 5 nitrogen and oxygen atoms in total. The number of anilines is 1. The number of hydrogen-bond donors (Lipinski definition) is 1. The Hall–Kier alpha value is -3.42. The van der Waals surface area contributed by atoms with Crippen LogP contribution in [0, 0.1) is 0 Å². The van der Waals surface area contributed by atoms with Gasteiger partial charge in [0, 0.05) is 15.4 Å². The molecule has 1 aromatic heterocycles. The molecule has 34 heavy (non-hydrogen) atoms. The van der Waals surface area contributed by atoms with Crippen molar-refractivity contribution in [3.8, 4) is 0 Å². The fraction of sp³-hybridized carbons (Fsp3) is 0.111. The van der Waals surface area contributed by atoms with Crippen molar-refractivity contribution in [3.05, 3.63) is 114 Å². The Morgan fingerprint density at radius 3 is 2.50 bits per heavy atom. The Morgan fingerprint density at radius 1 is 0.971 bits per heavy atom. The number of amides is 2. The van der Waals surface area contributed by atoms with Gasteiger partial charge in [0.2, 0.25) is 5.91 Å². The van der Waals surface area contributed by atoms with Gasteiger partial charge in [0.25, 0.3) is 5.91 Å². The van der Waals surface area contributed by atoms with Crippen molar-refractivity contribution in [3.63, 3.8) is 0 Å². The van der Waals surface area contributed by atoms with Crippen LogP contribution in [-0.2, 0) is 11.3 Å². The summed E-state index contributed by atoms with van der Waals surface area (Å²) in [6.45, 7) is 0.432. The Balaban J connectivity index is 1.29. The van der Waals surface area contributed by atoms with E-state index in [0.717, 1.165) is 26.8 Å². The lowest BCUT2D eigenvalue weighted by Gasteiger charge is -2.23. The largest absolute Gasteiger partial charge is 0.467 e. The summed E-state index contributed by atoms with van der Waals surface area (Å²) in [6, 6.07) is 29.0. The van der Waals surface area contributed by atoms with E-state index >= 15 is 0 Å². The van der Waals surface area contributed by atoms with Crippen molar-refractivity contribution in [1.29, 1.82) is 0 Å². The number of benzene rings is 3. The van der Waals surface area contributed by atoms with Crippen molar-refractivity contribution in [2.45, 2.75) is 21.7 Å². The zero-order valence-corrected chi connectivity index (χ0v) is 19.9. The van der Waals surface area contributed by atoms with Crippen LogP contribution in [0.5, 0.6) is 0 Å². The van der Waals surface area contributed by atoms with E-state index in [-0.39, 0.29) is 17.2 Å². The van der Waals surface area contributed by atoms with Crippen LogP contribution in [-0.4, -0.2) is 22.5 Å². The van der Waals surface area contributed by atoms with Gasteiger partial charge in [-0.05, 0) is 54.1 Å². The fourth-order valence-corrected chi connectivity index (χ4v) is 5.85. The molecule has 2 amide bonds. The monoisotopic (exact) mass is 486 g/mol. The normalized spacial score (nSPS) is 15.5. The molecule has 5 rings (SSSR count). The van der Waals surface area contributed by atoms with E-state index in [1.807, 2.05) is 95.9 Å². The van der Waals surface area contributed by atoms with Gasteiger partial charge in [0.1, 0.15) is 11.1 Å². The second kappa shape index (κ2) is 10.2. The van der Waals surface area contributed by atoms with Crippen LogP contribution in [0.1, 0.15) is 27.1 Å². The molecule has 0 unspecified atom stereocenters. The lowest BCUT2D eigenvalue weighted by atomic mass is 10.1. The van der Waals surface area contributed by atoms with Gasteiger partial charge in [-0.15, -0.1) is 11.8 Å². The average Bonchev–Trinajstić information content (AvgIpc) is 3.51. The molecule has 0 spiro atoms. The first kappa shape index (κ1) is 22.4. The van der Waals surface area contributed by atoms with E-state index in [4.69, 9.17) is 4.42 Å². The highest BCUT2D eigenvalue weighted by Crippen LogP contribution is 2.40. The molecule has 1 atom stereocenters. The second-order valence-electron chi connectivity index (χ2n) is 7.75. The first-order valence-electron chi connectivity index (χ1n) is 10.8. The number of rotatable bonds is 7. The first-order valence-corrected chi connectivity index (χ1v) is 12.7. The van der Waals surface area contributed by atoms with E-state index in [0.29, 0.717) is 17.9 Å². The van der Waals surface area contributed by atoms with E-state index in [1.54, 1.807) is 29.8 Å². The van der Waals surface area contributed by atoms with E-state index in [9.17, 15) is 9.59 Å². The molecule has 0 radical (unpaired) electrons. The van der Waals surface area contributed by atoms with Crippen LogP contribution in [0.15, 0.2) is 111 Å². The molecular weight excluding hydrogens is 464 g/mol. The maximum atomic E-state index is 13.0. The predicted octanol–water partition coefficient (Wildman–Crippen LogP) is 6.46. The number of furan rings is 1. The number of nitrogens with zero attached hydrogens (tertiary/aromatic N) is 1. The number of hydrogen-bond acceptors (Lipinski definition) is 5. The first-order chi connectivity index (χ1) is 16.7. The van der Waals surface area contributed by atoms with Gasteiger partial charge in [0.05, 0.1) is 24.2 Å². The minimum Gasteiger partial charge on any atom is -0.467 e. The molecule has 4 aromatic rings. The highest BCUT2D eigenvalue weighted by atomic mass is 32.2. The molecule has 1 aliphatic heterocycles. The number of carbonyl (C=O) groups excluding carboxylic acids is 2. The Kier molecular flexibility index (Phi) is 6.74. The summed E-state index contributed by atoms with van der Waals surface area (Å²) in [5, 5.41) is 2.94. The van der Waals surface area contributed by atoms with E-state index < -0.39 is 0 Å². The second-order valence-corrected chi connectivity index (χ2v) is 9.94. The smallest absolute Gasteiger partial charge is 0.255 e. The molecule has 0 bridgehead atoms. The SMILES string of the molecule is O=C(Nc1ccccc1Sc1ccccc1)c1ccc([C@H]2SCC(=O)N2Cc2ccco2)cc1. The van der Waals surface area contributed by atoms with Crippen LogP contribution in [0.4, 0.5) is 5.69 Å². The minimum absolute atomic E-state index is 0.0840. The predicted molar refractivity (Wildman–Crippen MR) is 136 cm³/mol. The average molecular weight is 487 g/mol. The fourth-order valence-electron chi connectivity index (χ4n) is 3.74. The summed E-state index contributed by atoms with van der Waals surface area (Å²) < 4.78 is 5.42. The standard InChI is InChI=1S/C27H22N2O3S2/c30-25-18-33-27(29(25)17-21-7-6-16-32-21)20-14-12-19(13-15-20)26(31)28-23-10-4-5-11-24(23)34-22-8-2-1-3-9-22/h1-16,27H,17-18H2,(H,28,31)/t27-/m1/s1. The summed E-state index contributed by atoms with van der Waals surface area (Å²) in [4.78, 5) is 29.3. The molecule has 0 aliphatic carbocycles. The van der Waals surface area contributed by atoms with Gasteiger partial charge in [-0.2, -0.15) is 0 Å². The maximum absolute atomic E-state index is 13.0. The molecule has 1 fully saturated rings. The molecule has 1 N–H and O–H groups in total. The van der Waals surface area contributed by atoms with Crippen molar-refractivity contribution < 1.29 is 14.0 Å². The van der Waals surface area contributed by atoms with Crippen LogP contribution in [0.3, 0.4) is 0 Å². The summed E-state index contributed by atoms with van der Waals surface area (Å²) in [7, 11) is 0. The van der Waals surface area contributed by atoms with Crippen molar-refractivity contribution in [1.82, 2.24) is 4.90 Å². The summed E-state index contributed by atoms with van der Waals surface area (Å²) in [6.07, 6.45) is 1.61. The maximum Gasteiger partial charge on any atom is 0.255 e. The summed E-state index contributed by atoms with van der Waals surface area (Å²) in [5.41, 5.74) is 2.32. The van der Waals surface area contributed by atoms with Crippen molar-refractivity contribution in [2.24, 2.45) is 0 Å². The third-order valence-electron chi connectivity index (χ3n) is 5.44. The number of nitrogens with one attached hydrogen (secondary N) is 1. The number of thioether (sulfide) groups is 1. The zero-order chi connectivity index (χ0) is 23.3. The molecule has 1 saturated heterocycles. The van der Waals surface area contributed by atoms with Gasteiger partial charge in [0.15, 0.2) is 0 Å². The molecular formula is C27H22N2O3S2. The highest BCUT2D eigenvalue weighted by Gasteiger charge is 2.33. The van der Waals surface area contributed by atoms with Gasteiger partial charge in [-0.1, -0.05) is 54.2 Å². The van der Waals surface area contributed by atoms with Crippen LogP contribution >= 0.6 is 23.5 Å². The quantitative estimate of drug-likeness (QED) is 0.325. The van der Waals surface area contributed by atoms with Crippen molar-refractivity contribution >= 4 is 41.0 Å². The van der Waals surface area contributed by atoms with Crippen molar-refractivity contribution in [2.75, 3.05) is 11.1 Å². The minimum atomic E-state index is -0.171. The van der Waals surface area contributed by atoms with E-state index in [1.165, 1.54) is 0 Å². The van der Waals surface area contributed by atoms with Crippen LogP contribution in [0.25, 0.3) is 0 Å². The highest BCUT2D eigenvalue weighted by molar-refractivity contribution is 8.00. The molecule has 3 aromatic carbocycles. The van der Waals surface area contributed by atoms with Crippen LogP contribution < -0.4 is 5.32 Å². The Bertz CT molecular complexity index is 1280. The van der Waals surface area contributed by atoms with Gasteiger partial charge < -0.3 is 14.6 Å². The lowest BCUT2D eigenvalue weighted by molar-refractivity contribution is -0.128. The van der Waals surface area contributed by atoms with Crippen LogP contribution in [0.2, 0.25) is 0 Å². The van der Waals surface area contributed by atoms with Gasteiger partial charge in [-0.3, -0.25) is 9.59 Å². The number of carbonyl (C=O) groups is 2. The van der Waals surface area contributed by atoms with Gasteiger partial charge >= 0.3 is 0 Å². The molecule has 0 saturated carbocycles. The summed E-state index contributed by atoms with van der Waals surface area (Å²) in [5.74, 6) is 1.10. The molecule has 7 heteroatoms. The zero-order valence-electron chi connectivity index (χ0n) is 18.2. The molecule has 170 valence electrons. The number of para-hydroxylation sites is 1. The van der Waals surface area contributed by atoms with E-state index in [2.05, 4.69) is 5.32 Å². The third-order valence-corrected chi connectivity index (χ3v) is 7.78.